The third-order valence-corrected chi connectivity index (χ3v) is 1.50. The maximum Gasteiger partial charge on any atom is 0.0326 e. The highest BCUT2D eigenvalue weighted by molar-refractivity contribution is 5.94. The average Bonchev–Trinajstić information content (AvgIpc) is 1.87. The van der Waals surface area contributed by atoms with Crippen LogP contribution in [0.3, 0.4) is 0 Å². The van der Waals surface area contributed by atoms with Crippen LogP contribution in [-0.4, -0.2) is 24.2 Å². The Bertz CT molecular complexity index is 147. The van der Waals surface area contributed by atoms with Crippen LogP contribution in [0.4, 0.5) is 0 Å². The molecule has 0 amide bonds. The Morgan fingerprint density at radius 2 is 2.00 bits per heavy atom. The molecule has 0 radical (unpaired) electrons. The van der Waals surface area contributed by atoms with Crippen molar-refractivity contribution in [2.75, 3.05) is 13.6 Å². The molecule has 0 spiro atoms. The maximum absolute atomic E-state index is 7.27. The maximum atomic E-state index is 7.27. The van der Waals surface area contributed by atoms with Gasteiger partial charge in [-0.05, 0) is 26.3 Å². The highest BCUT2D eigenvalue weighted by atomic mass is 15.1. The third-order valence-electron chi connectivity index (χ3n) is 1.50. The van der Waals surface area contributed by atoms with Crippen molar-refractivity contribution in [1.82, 2.24) is 4.90 Å². The minimum Gasteiger partial charge on any atom is -0.380 e. The normalized spacial score (nSPS) is 11.4. The van der Waals surface area contributed by atoms with E-state index in [1.54, 1.807) is 6.92 Å². The molecule has 0 aromatic heterocycles. The SMILES string of the molecule is CCN(C)/C=C(\C)C(C)=N. The van der Waals surface area contributed by atoms with E-state index >= 15 is 0 Å². The summed E-state index contributed by atoms with van der Waals surface area (Å²) in [6, 6.07) is 0. The Hall–Kier alpha value is -0.790. The lowest BCUT2D eigenvalue weighted by Crippen LogP contribution is -2.11. The zero-order valence-electron chi connectivity index (χ0n) is 7.23. The van der Waals surface area contributed by atoms with Crippen molar-refractivity contribution >= 4 is 5.71 Å². The lowest BCUT2D eigenvalue weighted by molar-refractivity contribution is 0.482. The first-order chi connectivity index (χ1) is 4.57. The molecule has 10 heavy (non-hydrogen) atoms. The van der Waals surface area contributed by atoms with E-state index in [4.69, 9.17) is 5.41 Å². The largest absolute Gasteiger partial charge is 0.380 e. The van der Waals surface area contributed by atoms with Gasteiger partial charge in [0.15, 0.2) is 0 Å². The zero-order chi connectivity index (χ0) is 8.15. The summed E-state index contributed by atoms with van der Waals surface area (Å²) >= 11 is 0. The van der Waals surface area contributed by atoms with Gasteiger partial charge in [-0.3, -0.25) is 0 Å². The van der Waals surface area contributed by atoms with Gasteiger partial charge in [-0.1, -0.05) is 0 Å². The number of nitrogens with zero attached hydrogens (tertiary/aromatic N) is 1. The van der Waals surface area contributed by atoms with Crippen molar-refractivity contribution < 1.29 is 0 Å². The van der Waals surface area contributed by atoms with Crippen LogP contribution in [-0.2, 0) is 0 Å². The first kappa shape index (κ1) is 9.21. The summed E-state index contributed by atoms with van der Waals surface area (Å²) in [7, 11) is 2.01. The van der Waals surface area contributed by atoms with E-state index in [9.17, 15) is 0 Å². The van der Waals surface area contributed by atoms with Crippen LogP contribution in [0.25, 0.3) is 0 Å². The molecule has 2 heteroatoms. The van der Waals surface area contributed by atoms with Crippen molar-refractivity contribution in [2.45, 2.75) is 20.8 Å². The molecule has 58 valence electrons. The number of allylic oxidation sites excluding steroid dienone is 1. The van der Waals surface area contributed by atoms with Gasteiger partial charge in [0.25, 0.3) is 0 Å². The summed E-state index contributed by atoms with van der Waals surface area (Å²) in [5.74, 6) is 0. The topological polar surface area (TPSA) is 27.1 Å². The number of rotatable bonds is 3. The summed E-state index contributed by atoms with van der Waals surface area (Å²) in [4.78, 5) is 2.06. The fraction of sp³-hybridized carbons (Fsp3) is 0.625. The number of nitrogens with one attached hydrogen (secondary N) is 1. The van der Waals surface area contributed by atoms with Crippen LogP contribution in [0.15, 0.2) is 11.8 Å². The minimum atomic E-state index is 0.639. The van der Waals surface area contributed by atoms with Gasteiger partial charge in [0.2, 0.25) is 0 Å². The minimum absolute atomic E-state index is 0.639. The Morgan fingerprint density at radius 3 is 2.30 bits per heavy atom. The second-order valence-corrected chi connectivity index (χ2v) is 2.51. The van der Waals surface area contributed by atoms with E-state index in [-0.39, 0.29) is 0 Å². The van der Waals surface area contributed by atoms with Crippen LogP contribution < -0.4 is 0 Å². The van der Waals surface area contributed by atoms with Crippen LogP contribution in [0, 0.1) is 5.41 Å². The predicted molar refractivity (Wildman–Crippen MR) is 45.5 cm³/mol. The highest BCUT2D eigenvalue weighted by Crippen LogP contribution is 1.95. The molecule has 0 fully saturated rings. The van der Waals surface area contributed by atoms with Gasteiger partial charge >= 0.3 is 0 Å². The van der Waals surface area contributed by atoms with Gasteiger partial charge in [0.05, 0.1) is 0 Å². The second kappa shape index (κ2) is 4.09. The first-order valence-corrected chi connectivity index (χ1v) is 3.52. The second-order valence-electron chi connectivity index (χ2n) is 2.51. The fourth-order valence-corrected chi connectivity index (χ4v) is 0.519. The molecule has 0 heterocycles. The predicted octanol–water partition coefficient (Wildman–Crippen LogP) is 1.88. The molecular weight excluding hydrogens is 124 g/mol. The van der Waals surface area contributed by atoms with Crippen molar-refractivity contribution in [3.63, 3.8) is 0 Å². The lowest BCUT2D eigenvalue weighted by atomic mass is 10.2. The Balaban J connectivity index is 4.02. The molecule has 0 saturated carbocycles. The van der Waals surface area contributed by atoms with Gasteiger partial charge in [-0.2, -0.15) is 0 Å². The van der Waals surface area contributed by atoms with E-state index in [1.807, 2.05) is 20.2 Å². The van der Waals surface area contributed by atoms with E-state index in [1.165, 1.54) is 0 Å². The fourth-order valence-electron chi connectivity index (χ4n) is 0.519. The van der Waals surface area contributed by atoms with Crippen LogP contribution in [0.1, 0.15) is 20.8 Å². The van der Waals surface area contributed by atoms with Crippen molar-refractivity contribution in [2.24, 2.45) is 0 Å². The molecule has 0 atom stereocenters. The molecule has 0 bridgehead atoms. The van der Waals surface area contributed by atoms with Crippen LogP contribution >= 0.6 is 0 Å². The molecule has 0 rings (SSSR count). The summed E-state index contributed by atoms with van der Waals surface area (Å²) in [5, 5.41) is 7.27. The average molecular weight is 140 g/mol. The van der Waals surface area contributed by atoms with E-state index in [0.29, 0.717) is 5.71 Å². The number of hydrogen-bond donors (Lipinski definition) is 1. The van der Waals surface area contributed by atoms with Gasteiger partial charge in [-0.15, -0.1) is 0 Å². The van der Waals surface area contributed by atoms with E-state index < -0.39 is 0 Å². The monoisotopic (exact) mass is 140 g/mol. The Kier molecular flexibility index (Phi) is 3.77. The van der Waals surface area contributed by atoms with Gasteiger partial charge in [-0.25, -0.2) is 0 Å². The molecule has 0 unspecified atom stereocenters. The lowest BCUT2D eigenvalue weighted by Gasteiger charge is -2.11. The molecule has 0 aromatic carbocycles. The van der Waals surface area contributed by atoms with Gasteiger partial charge in [0.1, 0.15) is 0 Å². The van der Waals surface area contributed by atoms with E-state index in [2.05, 4.69) is 11.8 Å². The van der Waals surface area contributed by atoms with Gasteiger partial charge < -0.3 is 10.3 Å². The third kappa shape index (κ3) is 3.28. The molecule has 0 aromatic rings. The Morgan fingerprint density at radius 1 is 1.50 bits per heavy atom. The summed E-state index contributed by atoms with van der Waals surface area (Å²) in [6.45, 7) is 6.83. The molecule has 0 saturated heterocycles. The summed E-state index contributed by atoms with van der Waals surface area (Å²) < 4.78 is 0. The molecule has 0 aliphatic carbocycles. The van der Waals surface area contributed by atoms with Crippen molar-refractivity contribution in [1.29, 1.82) is 5.41 Å². The van der Waals surface area contributed by atoms with Crippen LogP contribution in [0.5, 0.6) is 0 Å². The molecule has 0 aliphatic heterocycles. The van der Waals surface area contributed by atoms with Gasteiger partial charge in [0, 0.05) is 25.5 Å². The van der Waals surface area contributed by atoms with Crippen molar-refractivity contribution in [3.05, 3.63) is 11.8 Å². The molecular formula is C8H16N2. The zero-order valence-corrected chi connectivity index (χ0v) is 7.23. The van der Waals surface area contributed by atoms with Crippen LogP contribution in [0.2, 0.25) is 0 Å². The summed E-state index contributed by atoms with van der Waals surface area (Å²) in [6.07, 6.45) is 1.99. The van der Waals surface area contributed by atoms with Crippen molar-refractivity contribution in [3.8, 4) is 0 Å². The molecule has 0 aliphatic rings. The Labute approximate surface area is 63.0 Å². The highest BCUT2D eigenvalue weighted by Gasteiger charge is 1.91. The quantitative estimate of drug-likeness (QED) is 0.595. The smallest absolute Gasteiger partial charge is 0.0326 e. The molecule has 1 N–H and O–H groups in total. The first-order valence-electron chi connectivity index (χ1n) is 3.52. The standard InChI is InChI=1S/C8H16N2/c1-5-10(4)6-7(2)8(3)9/h6,9H,5H2,1-4H3/b7-6+,9-8?. The molecule has 2 nitrogen and oxygen atoms in total. The number of hydrogen-bond acceptors (Lipinski definition) is 2. The van der Waals surface area contributed by atoms with E-state index in [0.717, 1.165) is 12.1 Å². The summed E-state index contributed by atoms with van der Waals surface area (Å²) in [5.41, 5.74) is 1.67.